The summed E-state index contributed by atoms with van der Waals surface area (Å²) in [5, 5.41) is 0. The van der Waals surface area contributed by atoms with Gasteiger partial charge in [-0.1, -0.05) is 0 Å². The molecule has 7 nitrogen and oxygen atoms in total. The van der Waals surface area contributed by atoms with Gasteiger partial charge in [-0.2, -0.15) is 4.21 Å². The maximum Gasteiger partial charge on any atom is 1.00 e. The van der Waals surface area contributed by atoms with Crippen LogP contribution >= 0.6 is 0 Å². The number of hydrogen-bond donors (Lipinski definition) is 2. The fraction of sp³-hybridized carbons (Fsp3) is 0. The van der Waals surface area contributed by atoms with E-state index in [1.807, 2.05) is 0 Å². The zero-order chi connectivity index (χ0) is 8.08. The molecule has 0 aromatic rings. The maximum absolute atomic E-state index is 8.67. The number of rotatable bonds is 0. The average Bonchev–Trinajstić information content (AvgIpc) is 1.19. The van der Waals surface area contributed by atoms with E-state index >= 15 is 0 Å². The summed E-state index contributed by atoms with van der Waals surface area (Å²) in [6.45, 7) is 0. The molecule has 0 aliphatic rings. The van der Waals surface area contributed by atoms with Gasteiger partial charge < -0.3 is 9.11 Å². The van der Waals surface area contributed by atoms with E-state index in [0.29, 0.717) is 0 Å². The minimum Gasteiger partial charge on any atom is -0.759 e. The summed E-state index contributed by atoms with van der Waals surface area (Å²) in [5.41, 5.74) is 0. The standard InChI is InChI=1S/K.Na.H2O4S.H2O3S/c;;1-5(2,3)4;1-4(2)3/h;;(H2,1,2,3,4);(H2,1,2,3)/q2*+1;;/p-2. The van der Waals surface area contributed by atoms with Crippen LogP contribution < -0.4 is 80.9 Å². The first-order valence-electron chi connectivity index (χ1n) is 1.20. The third-order valence-electron chi connectivity index (χ3n) is 0. The van der Waals surface area contributed by atoms with E-state index in [9.17, 15) is 0 Å². The molecule has 0 saturated carbocycles. The second kappa shape index (κ2) is 12.6. The van der Waals surface area contributed by atoms with Gasteiger partial charge in [0.1, 0.15) is 0 Å². The molecule has 11 heteroatoms. The van der Waals surface area contributed by atoms with Gasteiger partial charge in [0.2, 0.25) is 0 Å². The van der Waals surface area contributed by atoms with Crippen molar-refractivity contribution in [1.82, 2.24) is 0 Å². The molecule has 0 aliphatic heterocycles. The van der Waals surface area contributed by atoms with E-state index in [4.69, 9.17) is 30.8 Å². The van der Waals surface area contributed by atoms with E-state index in [0.717, 1.165) is 0 Å². The number of hydrogen-bond acceptors (Lipinski definition) is 5. The van der Waals surface area contributed by atoms with E-state index in [2.05, 4.69) is 0 Å². The molecular weight excluding hydrogens is 238 g/mol. The smallest absolute Gasteiger partial charge is 0.759 e. The van der Waals surface area contributed by atoms with Crippen LogP contribution in [0.2, 0.25) is 0 Å². The first-order valence-corrected chi connectivity index (χ1v) is 3.60. The van der Waals surface area contributed by atoms with E-state index in [-0.39, 0.29) is 80.9 Å². The summed E-state index contributed by atoms with van der Waals surface area (Å²) in [5.74, 6) is 0. The molecular formula is H2KNaO7S2. The van der Waals surface area contributed by atoms with Gasteiger partial charge >= 0.3 is 80.9 Å². The molecule has 0 spiro atoms. The summed E-state index contributed by atoms with van der Waals surface area (Å²) in [7, 11) is -5.17. The van der Waals surface area contributed by atoms with Crippen LogP contribution in [0.5, 0.6) is 0 Å². The Morgan fingerprint density at radius 3 is 1.18 bits per heavy atom. The van der Waals surface area contributed by atoms with Crippen LogP contribution in [0.3, 0.4) is 0 Å². The molecule has 0 aliphatic carbocycles. The quantitative estimate of drug-likeness (QED) is 0.185. The largest absolute Gasteiger partial charge is 1.00 e. The van der Waals surface area contributed by atoms with Crippen LogP contribution in [-0.4, -0.2) is 30.8 Å². The second-order valence-electron chi connectivity index (χ2n) is 0.639. The van der Waals surface area contributed by atoms with Crippen LogP contribution in [0.1, 0.15) is 0 Å². The molecule has 0 heterocycles. The molecule has 0 radical (unpaired) electrons. The van der Waals surface area contributed by atoms with Crippen LogP contribution in [0, 0.1) is 0 Å². The molecule has 0 rings (SSSR count). The average molecular weight is 240 g/mol. The fourth-order valence-electron chi connectivity index (χ4n) is 0. The van der Waals surface area contributed by atoms with Gasteiger partial charge in [0.05, 0.1) is 0 Å². The molecule has 0 atom stereocenters. The van der Waals surface area contributed by atoms with Crippen molar-refractivity contribution in [2.45, 2.75) is 0 Å². The summed E-state index contributed by atoms with van der Waals surface area (Å²) >= 11 is -2.61. The third-order valence-corrected chi connectivity index (χ3v) is 0. The summed E-state index contributed by atoms with van der Waals surface area (Å²) in [6, 6.07) is 0. The Labute approximate surface area is 131 Å². The Hall–Kier alpha value is 2.58. The Morgan fingerprint density at radius 2 is 1.18 bits per heavy atom. The Morgan fingerprint density at radius 1 is 1.18 bits per heavy atom. The molecule has 0 saturated heterocycles. The molecule has 0 aromatic heterocycles. The summed E-state index contributed by atoms with van der Waals surface area (Å²) < 4.78 is 56.9. The summed E-state index contributed by atoms with van der Waals surface area (Å²) in [4.78, 5) is 0. The van der Waals surface area contributed by atoms with Crippen molar-refractivity contribution in [2.75, 3.05) is 0 Å². The molecule has 2 N–H and O–H groups in total. The minimum atomic E-state index is -5.17. The van der Waals surface area contributed by atoms with Crippen molar-refractivity contribution < 1.29 is 112 Å². The van der Waals surface area contributed by atoms with E-state index < -0.39 is 21.8 Å². The van der Waals surface area contributed by atoms with Crippen molar-refractivity contribution >= 4 is 21.8 Å². The normalized spacial score (nSPS) is 8.45. The van der Waals surface area contributed by atoms with Crippen molar-refractivity contribution in [3.63, 3.8) is 0 Å². The molecule has 0 fully saturated rings. The van der Waals surface area contributed by atoms with E-state index in [1.165, 1.54) is 0 Å². The van der Waals surface area contributed by atoms with Gasteiger partial charge in [0, 0.05) is 10.4 Å². The zero-order valence-electron chi connectivity index (χ0n) is 5.75. The Bertz CT molecular complexity index is 159. The molecule has 11 heavy (non-hydrogen) atoms. The van der Waals surface area contributed by atoms with Crippen LogP contribution in [0.4, 0.5) is 0 Å². The molecule has 0 aromatic carbocycles. The predicted octanol–water partition coefficient (Wildman–Crippen LogP) is -7.65. The van der Waals surface area contributed by atoms with Crippen LogP contribution in [0.25, 0.3) is 0 Å². The SMILES string of the molecule is O=S(=O)([O-])[O-].O=S(O)O.[K+].[Na+]. The van der Waals surface area contributed by atoms with Crippen molar-refractivity contribution in [3.05, 3.63) is 0 Å². The van der Waals surface area contributed by atoms with Crippen LogP contribution in [-0.2, 0) is 21.8 Å². The van der Waals surface area contributed by atoms with Crippen molar-refractivity contribution in [3.8, 4) is 0 Å². The Kier molecular flexibility index (Phi) is 26.8. The van der Waals surface area contributed by atoms with Crippen molar-refractivity contribution in [2.24, 2.45) is 0 Å². The molecule has 58 valence electrons. The van der Waals surface area contributed by atoms with E-state index in [1.54, 1.807) is 0 Å². The first-order chi connectivity index (χ1) is 3.73. The summed E-state index contributed by atoms with van der Waals surface area (Å²) in [6.07, 6.45) is 0. The zero-order valence-corrected chi connectivity index (χ0v) is 12.5. The molecule has 0 bridgehead atoms. The Balaban J connectivity index is -0.0000000383. The maximum atomic E-state index is 8.67. The van der Waals surface area contributed by atoms with Gasteiger partial charge in [-0.3, -0.25) is 17.5 Å². The van der Waals surface area contributed by atoms with Gasteiger partial charge in [-0.25, -0.2) is 0 Å². The fourth-order valence-corrected chi connectivity index (χ4v) is 0. The van der Waals surface area contributed by atoms with Gasteiger partial charge in [0.15, 0.2) is 0 Å². The predicted molar refractivity (Wildman–Crippen MR) is 23.9 cm³/mol. The molecule has 0 amide bonds. The monoisotopic (exact) mass is 240 g/mol. The second-order valence-corrected chi connectivity index (χ2v) is 1.92. The van der Waals surface area contributed by atoms with Crippen molar-refractivity contribution in [1.29, 1.82) is 0 Å². The first kappa shape index (κ1) is 23.4. The van der Waals surface area contributed by atoms with Gasteiger partial charge in [-0.05, 0) is 0 Å². The molecule has 0 unspecified atom stereocenters. The topological polar surface area (TPSA) is 138 Å². The van der Waals surface area contributed by atoms with Gasteiger partial charge in [-0.15, -0.1) is 0 Å². The minimum absolute atomic E-state index is 0. The third kappa shape index (κ3) is 212. The van der Waals surface area contributed by atoms with Crippen LogP contribution in [0.15, 0.2) is 0 Å². The van der Waals surface area contributed by atoms with Gasteiger partial charge in [0.25, 0.3) is 11.4 Å².